The third-order valence-corrected chi connectivity index (χ3v) is 4.93. The molecule has 0 spiro atoms. The van der Waals surface area contributed by atoms with Gasteiger partial charge < -0.3 is 4.74 Å². The van der Waals surface area contributed by atoms with E-state index >= 15 is 0 Å². The maximum atomic E-state index is 14.2. The van der Waals surface area contributed by atoms with Crippen molar-refractivity contribution in [3.05, 3.63) is 59.2 Å². The minimum atomic E-state index is -0.139. The molecule has 2 atom stereocenters. The quantitative estimate of drug-likeness (QED) is 0.748. The molecule has 1 aromatic carbocycles. The second-order valence-corrected chi connectivity index (χ2v) is 6.47. The van der Waals surface area contributed by atoms with Gasteiger partial charge in [-0.15, -0.1) is 0 Å². The van der Waals surface area contributed by atoms with E-state index in [1.165, 1.54) is 6.07 Å². The Hall–Kier alpha value is -2.23. The summed E-state index contributed by atoms with van der Waals surface area (Å²) >= 11 is 0. The molecule has 1 heterocycles. The number of halogens is 1. The van der Waals surface area contributed by atoms with E-state index in [9.17, 15) is 9.18 Å². The van der Waals surface area contributed by atoms with E-state index in [2.05, 4.69) is 4.98 Å². The van der Waals surface area contributed by atoms with Crippen LogP contribution in [0, 0.1) is 18.7 Å². The standard InChI is InChI=1S/C20H22FNO2/c1-14-10-22-11-20(18(14)12-23)24-13-15-6-2-3-7-16(15)17-8-4-5-9-19(17)21/h4-5,8-12,15-16H,2-3,6-7,13H2,1H3. The highest BCUT2D eigenvalue weighted by Gasteiger charge is 2.29. The number of carbonyl (C=O) groups is 1. The van der Waals surface area contributed by atoms with E-state index in [0.717, 1.165) is 43.1 Å². The highest BCUT2D eigenvalue weighted by atomic mass is 19.1. The number of nitrogens with zero attached hydrogens (tertiary/aromatic N) is 1. The fraction of sp³-hybridized carbons (Fsp3) is 0.400. The molecule has 126 valence electrons. The van der Waals surface area contributed by atoms with E-state index < -0.39 is 0 Å². The fourth-order valence-corrected chi connectivity index (χ4v) is 3.61. The number of aryl methyl sites for hydroxylation is 1. The highest BCUT2D eigenvalue weighted by Crippen LogP contribution is 2.39. The van der Waals surface area contributed by atoms with Crippen LogP contribution < -0.4 is 4.74 Å². The van der Waals surface area contributed by atoms with Gasteiger partial charge in [-0.2, -0.15) is 0 Å². The van der Waals surface area contributed by atoms with Crippen molar-refractivity contribution in [3.8, 4) is 5.75 Å². The van der Waals surface area contributed by atoms with E-state index in [4.69, 9.17) is 4.74 Å². The van der Waals surface area contributed by atoms with Crippen molar-refractivity contribution in [2.45, 2.75) is 38.5 Å². The van der Waals surface area contributed by atoms with Gasteiger partial charge >= 0.3 is 0 Å². The van der Waals surface area contributed by atoms with Crippen LogP contribution in [0.3, 0.4) is 0 Å². The van der Waals surface area contributed by atoms with Crippen LogP contribution in [0.5, 0.6) is 5.75 Å². The third kappa shape index (κ3) is 3.48. The number of ether oxygens (including phenoxy) is 1. The minimum absolute atomic E-state index is 0.139. The number of benzene rings is 1. The molecule has 3 nitrogen and oxygen atoms in total. The monoisotopic (exact) mass is 327 g/mol. The van der Waals surface area contributed by atoms with Gasteiger partial charge in [-0.1, -0.05) is 31.0 Å². The highest BCUT2D eigenvalue weighted by molar-refractivity contribution is 5.81. The summed E-state index contributed by atoms with van der Waals surface area (Å²) in [4.78, 5) is 15.4. The summed E-state index contributed by atoms with van der Waals surface area (Å²) in [7, 11) is 0. The first-order chi connectivity index (χ1) is 11.7. The number of pyridine rings is 1. The molecule has 0 amide bonds. The van der Waals surface area contributed by atoms with Crippen LogP contribution in [-0.4, -0.2) is 17.9 Å². The van der Waals surface area contributed by atoms with Crippen LogP contribution in [-0.2, 0) is 0 Å². The van der Waals surface area contributed by atoms with Crippen LogP contribution in [0.4, 0.5) is 4.39 Å². The summed E-state index contributed by atoms with van der Waals surface area (Å²) in [5.41, 5.74) is 2.13. The maximum Gasteiger partial charge on any atom is 0.154 e. The minimum Gasteiger partial charge on any atom is -0.491 e. The molecule has 1 saturated carbocycles. The Morgan fingerprint density at radius 3 is 2.83 bits per heavy atom. The van der Waals surface area contributed by atoms with Crippen LogP contribution in [0.1, 0.15) is 53.1 Å². The van der Waals surface area contributed by atoms with Crippen molar-refractivity contribution in [1.82, 2.24) is 4.98 Å². The molecule has 0 N–H and O–H groups in total. The zero-order chi connectivity index (χ0) is 16.9. The van der Waals surface area contributed by atoms with Gasteiger partial charge in [0.15, 0.2) is 6.29 Å². The average molecular weight is 327 g/mol. The summed E-state index contributed by atoms with van der Waals surface area (Å²) in [6.07, 6.45) is 8.27. The molecule has 2 unspecified atom stereocenters. The predicted octanol–water partition coefficient (Wildman–Crippen LogP) is 4.69. The molecular formula is C20H22FNO2. The predicted molar refractivity (Wildman–Crippen MR) is 91.0 cm³/mol. The topological polar surface area (TPSA) is 39.2 Å². The van der Waals surface area contributed by atoms with Gasteiger partial charge in [-0.05, 0) is 48.8 Å². The van der Waals surface area contributed by atoms with Crippen molar-refractivity contribution in [2.24, 2.45) is 5.92 Å². The molecule has 3 rings (SSSR count). The summed E-state index contributed by atoms with van der Waals surface area (Å²) < 4.78 is 20.1. The molecule has 0 saturated heterocycles. The lowest BCUT2D eigenvalue weighted by Crippen LogP contribution is -2.25. The molecule has 0 radical (unpaired) electrons. The lowest BCUT2D eigenvalue weighted by atomic mass is 9.75. The second-order valence-electron chi connectivity index (χ2n) is 6.47. The zero-order valence-corrected chi connectivity index (χ0v) is 13.9. The lowest BCUT2D eigenvalue weighted by Gasteiger charge is -2.32. The number of aldehydes is 1. The number of aromatic nitrogens is 1. The van der Waals surface area contributed by atoms with E-state index in [-0.39, 0.29) is 17.7 Å². The van der Waals surface area contributed by atoms with Gasteiger partial charge in [0.25, 0.3) is 0 Å². The van der Waals surface area contributed by atoms with E-state index in [1.807, 2.05) is 19.1 Å². The lowest BCUT2D eigenvalue weighted by molar-refractivity contribution is 0.111. The van der Waals surface area contributed by atoms with Crippen molar-refractivity contribution in [1.29, 1.82) is 0 Å². The van der Waals surface area contributed by atoms with Crippen molar-refractivity contribution in [2.75, 3.05) is 6.61 Å². The first kappa shape index (κ1) is 16.6. The van der Waals surface area contributed by atoms with Crippen molar-refractivity contribution in [3.63, 3.8) is 0 Å². The maximum absolute atomic E-state index is 14.2. The molecular weight excluding hydrogens is 305 g/mol. The number of rotatable bonds is 5. The third-order valence-electron chi connectivity index (χ3n) is 4.93. The SMILES string of the molecule is Cc1cncc(OCC2CCCCC2c2ccccc2F)c1C=O. The van der Waals surface area contributed by atoms with Crippen molar-refractivity contribution >= 4 is 6.29 Å². The number of hydrogen-bond donors (Lipinski definition) is 0. The van der Waals surface area contributed by atoms with E-state index in [0.29, 0.717) is 17.9 Å². The Morgan fingerprint density at radius 1 is 1.25 bits per heavy atom. The van der Waals surface area contributed by atoms with Crippen LogP contribution in [0.15, 0.2) is 36.7 Å². The summed E-state index contributed by atoms with van der Waals surface area (Å²) in [6, 6.07) is 7.02. The van der Waals surface area contributed by atoms with Gasteiger partial charge in [0.1, 0.15) is 11.6 Å². The van der Waals surface area contributed by atoms with Crippen LogP contribution in [0.25, 0.3) is 0 Å². The second kappa shape index (κ2) is 7.56. The first-order valence-electron chi connectivity index (χ1n) is 8.47. The van der Waals surface area contributed by atoms with Gasteiger partial charge in [-0.3, -0.25) is 9.78 Å². The molecule has 2 aromatic rings. The van der Waals surface area contributed by atoms with Crippen molar-refractivity contribution < 1.29 is 13.9 Å². The zero-order valence-electron chi connectivity index (χ0n) is 13.9. The van der Waals surface area contributed by atoms with Gasteiger partial charge in [0, 0.05) is 6.20 Å². The average Bonchev–Trinajstić information content (AvgIpc) is 2.61. The Kier molecular flexibility index (Phi) is 5.24. The Labute approximate surface area is 141 Å². The molecule has 24 heavy (non-hydrogen) atoms. The van der Waals surface area contributed by atoms with Gasteiger partial charge in [-0.25, -0.2) is 4.39 Å². The molecule has 1 aliphatic carbocycles. The smallest absolute Gasteiger partial charge is 0.154 e. The molecule has 1 aliphatic rings. The normalized spacial score (nSPS) is 20.6. The largest absolute Gasteiger partial charge is 0.491 e. The van der Waals surface area contributed by atoms with Crippen LogP contribution in [0.2, 0.25) is 0 Å². The molecule has 1 fully saturated rings. The van der Waals surface area contributed by atoms with Crippen LogP contribution >= 0.6 is 0 Å². The summed E-state index contributed by atoms with van der Waals surface area (Å²) in [5, 5.41) is 0. The Morgan fingerprint density at radius 2 is 2.04 bits per heavy atom. The molecule has 4 heteroatoms. The molecule has 1 aromatic heterocycles. The van der Waals surface area contributed by atoms with Gasteiger partial charge in [0.2, 0.25) is 0 Å². The first-order valence-corrected chi connectivity index (χ1v) is 8.47. The molecule has 0 bridgehead atoms. The summed E-state index contributed by atoms with van der Waals surface area (Å²) in [5.74, 6) is 0.788. The Bertz CT molecular complexity index is 717. The molecule has 0 aliphatic heterocycles. The van der Waals surface area contributed by atoms with E-state index in [1.54, 1.807) is 18.5 Å². The number of hydrogen-bond acceptors (Lipinski definition) is 3. The number of carbonyl (C=O) groups excluding carboxylic acids is 1. The summed E-state index contributed by atoms with van der Waals surface area (Å²) in [6.45, 7) is 2.32. The Balaban J connectivity index is 1.77. The van der Waals surface area contributed by atoms with Gasteiger partial charge in [0.05, 0.1) is 18.4 Å². The fourth-order valence-electron chi connectivity index (χ4n) is 3.61.